The minimum atomic E-state index is -0.414. The molecule has 1 aliphatic heterocycles. The van der Waals surface area contributed by atoms with E-state index in [0.29, 0.717) is 0 Å². The topological polar surface area (TPSA) is 18.5 Å². The highest BCUT2D eigenvalue weighted by Crippen LogP contribution is 2.42. The van der Waals surface area contributed by atoms with E-state index in [9.17, 15) is 0 Å². The van der Waals surface area contributed by atoms with Gasteiger partial charge in [-0.25, -0.2) is 0 Å². The zero-order valence-electron chi connectivity index (χ0n) is 42.9. The number of para-hydroxylation sites is 2. The van der Waals surface area contributed by atoms with Crippen LogP contribution in [0.3, 0.4) is 0 Å². The molecule has 14 aromatic rings. The highest BCUT2D eigenvalue weighted by Gasteiger charge is 2.53. The third-order valence-corrected chi connectivity index (χ3v) is 16.4. The molecule has 0 unspecified atom stereocenters. The number of hydrogen-bond donors (Lipinski definition) is 1. The summed E-state index contributed by atoms with van der Waals surface area (Å²) in [5.74, 6) is 0. The van der Waals surface area contributed by atoms with E-state index in [4.69, 9.17) is 0 Å². The fourth-order valence-corrected chi connectivity index (χ4v) is 13.3. The van der Waals surface area contributed by atoms with E-state index in [2.05, 4.69) is 312 Å². The molecule has 362 valence electrons. The average Bonchev–Trinajstić information content (AvgIpc) is 3.66. The van der Waals surface area contributed by atoms with Crippen molar-refractivity contribution in [3.63, 3.8) is 0 Å². The lowest BCUT2D eigenvalue weighted by Gasteiger charge is -2.52. The van der Waals surface area contributed by atoms with E-state index in [1.54, 1.807) is 0 Å². The average molecular weight is 990 g/mol. The molecule has 6 heteroatoms. The van der Waals surface area contributed by atoms with Crippen molar-refractivity contribution in [3.05, 3.63) is 297 Å². The van der Waals surface area contributed by atoms with Crippen molar-refractivity contribution < 1.29 is 0 Å². The molecule has 14 aromatic carbocycles. The van der Waals surface area contributed by atoms with Gasteiger partial charge in [0.05, 0.1) is 0 Å². The first-order chi connectivity index (χ1) is 38.8. The SMILES string of the molecule is c1ccc(-c2c3ccccc3c(B3NB(c4c5ccccc5c(-c5ccccc5)c5ccccc45)N(c4ccccc4)B(c4c5ccccc5c(-c5ccccc5)c5ccccc45)N3c3ccccc3)c3ccccc23)cc1. The molecule has 0 aromatic heterocycles. The molecule has 15 rings (SSSR count). The molecule has 3 nitrogen and oxygen atoms in total. The van der Waals surface area contributed by atoms with Crippen molar-refractivity contribution in [2.24, 2.45) is 0 Å². The van der Waals surface area contributed by atoms with Gasteiger partial charge in [-0.05, 0) is 139 Å². The van der Waals surface area contributed by atoms with Gasteiger partial charge < -0.3 is 14.6 Å². The summed E-state index contributed by atoms with van der Waals surface area (Å²) in [5, 5.41) is 19.2. The number of nitrogens with zero attached hydrogens (tertiary/aromatic N) is 2. The Kier molecular flexibility index (Phi) is 11.3. The minimum absolute atomic E-state index is 0.403. The number of anilines is 2. The Bertz CT molecular complexity index is 4180. The first-order valence-corrected chi connectivity index (χ1v) is 27.2. The molecule has 0 bridgehead atoms. The molecule has 0 amide bonds. The monoisotopic (exact) mass is 989 g/mol. The molecule has 0 atom stereocenters. The molecule has 0 spiro atoms. The van der Waals surface area contributed by atoms with Gasteiger partial charge in [-0.15, -0.1) is 0 Å². The number of rotatable bonds is 8. The zero-order valence-corrected chi connectivity index (χ0v) is 42.9. The van der Waals surface area contributed by atoms with Crippen LogP contribution in [0, 0.1) is 0 Å². The highest BCUT2D eigenvalue weighted by atomic mass is 15.3. The summed E-state index contributed by atoms with van der Waals surface area (Å²) in [4.78, 5) is 0. The summed E-state index contributed by atoms with van der Waals surface area (Å²) >= 11 is 0. The van der Waals surface area contributed by atoms with Crippen LogP contribution < -0.4 is 31.0 Å². The van der Waals surface area contributed by atoms with Crippen molar-refractivity contribution >= 4 is 113 Å². The van der Waals surface area contributed by atoms with Crippen molar-refractivity contribution in [2.75, 3.05) is 9.44 Å². The summed E-state index contributed by atoms with van der Waals surface area (Å²) < 4.78 is 5.44. The molecule has 0 saturated carbocycles. The Labute approximate surface area is 456 Å². The van der Waals surface area contributed by atoms with E-state index in [-0.39, 0.29) is 0 Å². The summed E-state index contributed by atoms with van der Waals surface area (Å²) in [5.41, 5.74) is 13.3. The predicted octanol–water partition coefficient (Wildman–Crippen LogP) is 15.7. The Balaban J connectivity index is 1.14. The molecule has 1 N–H and O–H groups in total. The summed E-state index contributed by atoms with van der Waals surface area (Å²) in [6.45, 7) is -1.22. The van der Waals surface area contributed by atoms with Crippen LogP contribution in [0.2, 0.25) is 0 Å². The number of hydrogen-bond acceptors (Lipinski definition) is 3. The molecule has 0 aliphatic carbocycles. The van der Waals surface area contributed by atoms with Crippen molar-refractivity contribution in [1.82, 2.24) is 5.14 Å². The van der Waals surface area contributed by atoms with Crippen LogP contribution >= 0.6 is 0 Å². The fraction of sp³-hybridized carbons (Fsp3) is 0. The summed E-state index contributed by atoms with van der Waals surface area (Å²) in [6.07, 6.45) is 0. The van der Waals surface area contributed by atoms with E-state index in [1.807, 2.05) is 0 Å². The van der Waals surface area contributed by atoms with Gasteiger partial charge in [0, 0.05) is 11.4 Å². The zero-order chi connectivity index (χ0) is 51.5. The largest absolute Gasteiger partial charge is 0.422 e. The Morgan fingerprint density at radius 1 is 0.205 bits per heavy atom. The molecule has 1 aliphatic rings. The van der Waals surface area contributed by atoms with Crippen LogP contribution in [0.4, 0.5) is 11.4 Å². The second-order valence-electron chi connectivity index (χ2n) is 20.6. The molecular weight excluding hydrogens is 939 g/mol. The molecule has 1 saturated heterocycles. The lowest BCUT2D eigenvalue weighted by atomic mass is 9.37. The predicted molar refractivity (Wildman–Crippen MR) is 338 cm³/mol. The third kappa shape index (κ3) is 7.36. The number of nitrogens with one attached hydrogen (secondary N) is 1. The van der Waals surface area contributed by atoms with Gasteiger partial charge >= 0.3 is 20.9 Å². The first-order valence-electron chi connectivity index (χ1n) is 27.2. The fourth-order valence-electron chi connectivity index (χ4n) is 13.3. The van der Waals surface area contributed by atoms with Crippen LogP contribution in [0.5, 0.6) is 0 Å². The van der Waals surface area contributed by atoms with Gasteiger partial charge in [-0.3, -0.25) is 0 Å². The van der Waals surface area contributed by atoms with Crippen LogP contribution in [-0.2, 0) is 0 Å². The smallest absolute Gasteiger partial charge is 0.389 e. The van der Waals surface area contributed by atoms with Crippen molar-refractivity contribution in [3.8, 4) is 33.4 Å². The third-order valence-electron chi connectivity index (χ3n) is 16.4. The summed E-state index contributed by atoms with van der Waals surface area (Å²) in [7, 11) is 0. The van der Waals surface area contributed by atoms with Gasteiger partial charge in [-0.2, -0.15) is 0 Å². The maximum Gasteiger partial charge on any atom is 0.389 e. The van der Waals surface area contributed by atoms with Gasteiger partial charge in [0.25, 0.3) is 0 Å². The van der Waals surface area contributed by atoms with E-state index >= 15 is 0 Å². The number of fused-ring (bicyclic) bond motifs is 6. The van der Waals surface area contributed by atoms with E-state index in [1.165, 1.54) is 114 Å². The van der Waals surface area contributed by atoms with Crippen LogP contribution in [0.15, 0.2) is 297 Å². The van der Waals surface area contributed by atoms with Gasteiger partial charge in [0.2, 0.25) is 0 Å². The minimum Gasteiger partial charge on any atom is -0.422 e. The number of benzene rings is 14. The van der Waals surface area contributed by atoms with Crippen molar-refractivity contribution in [1.29, 1.82) is 0 Å². The lowest BCUT2D eigenvalue weighted by Crippen LogP contribution is -2.85. The first kappa shape index (κ1) is 45.8. The van der Waals surface area contributed by atoms with Gasteiger partial charge in [-0.1, -0.05) is 273 Å². The van der Waals surface area contributed by atoms with Crippen LogP contribution in [0.25, 0.3) is 98.0 Å². The second-order valence-corrected chi connectivity index (χ2v) is 20.6. The van der Waals surface area contributed by atoms with E-state index < -0.39 is 20.9 Å². The molecule has 78 heavy (non-hydrogen) atoms. The van der Waals surface area contributed by atoms with Gasteiger partial charge in [0.1, 0.15) is 0 Å². The summed E-state index contributed by atoms with van der Waals surface area (Å²) in [6, 6.07) is 110. The van der Waals surface area contributed by atoms with E-state index in [0.717, 1.165) is 11.4 Å². The maximum absolute atomic E-state index is 4.66. The van der Waals surface area contributed by atoms with Crippen molar-refractivity contribution in [2.45, 2.75) is 0 Å². The highest BCUT2D eigenvalue weighted by molar-refractivity contribution is 7.12. The van der Waals surface area contributed by atoms with Gasteiger partial charge in [0.15, 0.2) is 0 Å². The van der Waals surface area contributed by atoms with Crippen LogP contribution in [-0.4, -0.2) is 20.9 Å². The lowest BCUT2D eigenvalue weighted by molar-refractivity contribution is 1.27. The maximum atomic E-state index is 4.66. The second kappa shape index (κ2) is 19.2. The normalized spacial score (nSPS) is 12.9. The Hall–Kier alpha value is -9.61. The standard InChI is InChI=1S/C72H50B3N3/c1-6-28-50(29-7-1)67-55-38-16-22-44-61(55)70(62-45-23-17-39-56(62)67)73-76-74(71-63-46-24-18-40-57(63)68(51-30-8-2-9-31-51)58-41-19-25-47-64(58)71)78(54-36-14-5-15-37-54)75(77(73)53-34-12-4-13-35-53)72-65-48-26-20-42-59(65)69(52-32-10-3-11-33-52)60-43-21-27-49-66(60)72/h1-49,76H. The Morgan fingerprint density at radius 3 is 0.667 bits per heavy atom. The molecule has 0 radical (unpaired) electrons. The molecule has 1 fully saturated rings. The van der Waals surface area contributed by atoms with Crippen LogP contribution in [0.1, 0.15) is 0 Å². The quantitative estimate of drug-likeness (QED) is 0.121. The Morgan fingerprint density at radius 2 is 0.410 bits per heavy atom. The molecule has 1 heterocycles. The molecular formula is C72H50B3N3.